The summed E-state index contributed by atoms with van der Waals surface area (Å²) in [6.45, 7) is 6.68. The number of nitrogens with two attached hydrogens (primary N) is 1. The Labute approximate surface area is 147 Å². The second-order valence-corrected chi connectivity index (χ2v) is 6.86. The minimum absolute atomic E-state index is 0.0309. The second kappa shape index (κ2) is 6.68. The molecule has 0 spiro atoms. The van der Waals surface area contributed by atoms with E-state index >= 15 is 0 Å². The third kappa shape index (κ3) is 3.24. The van der Waals surface area contributed by atoms with Crippen LogP contribution in [0.15, 0.2) is 5.47 Å². The molecule has 1 aromatic rings. The maximum Gasteiger partial charge on any atom is 0.491 e. The number of benzene rings is 1. The van der Waals surface area contributed by atoms with Crippen LogP contribution in [0.3, 0.4) is 0 Å². The molecule has 0 amide bonds. The fraction of sp³-hybridized carbons (Fsp3) is 0.438. The molecule has 0 unspecified atom stereocenters. The summed E-state index contributed by atoms with van der Waals surface area (Å²) in [5.41, 5.74) is 1.26. The molecule has 0 saturated carbocycles. The third-order valence-electron chi connectivity index (χ3n) is 4.63. The van der Waals surface area contributed by atoms with Gasteiger partial charge in [-0.1, -0.05) is 6.08 Å². The molecule has 5 nitrogen and oxygen atoms in total. The van der Waals surface area contributed by atoms with E-state index in [9.17, 15) is 22.4 Å². The van der Waals surface area contributed by atoms with Gasteiger partial charge >= 0.3 is 13.1 Å². The van der Waals surface area contributed by atoms with Crippen molar-refractivity contribution >= 4 is 19.2 Å². The molecule has 0 aliphatic carbocycles. The summed E-state index contributed by atoms with van der Waals surface area (Å²) in [4.78, 5) is 10.8. The van der Waals surface area contributed by atoms with E-state index in [-0.39, 0.29) is 12.0 Å². The van der Waals surface area contributed by atoms with E-state index < -0.39 is 58.7 Å². The number of hydrogen-bond acceptors (Lipinski definition) is 4. The predicted molar refractivity (Wildman–Crippen MR) is 86.3 cm³/mol. The maximum atomic E-state index is 14.1. The van der Waals surface area contributed by atoms with Gasteiger partial charge in [-0.3, -0.25) is 0 Å². The van der Waals surface area contributed by atoms with Gasteiger partial charge in [0.1, 0.15) is 5.56 Å². The van der Waals surface area contributed by atoms with Crippen LogP contribution in [-0.2, 0) is 9.31 Å². The van der Waals surface area contributed by atoms with Gasteiger partial charge in [-0.15, -0.1) is 0 Å². The molecule has 0 aromatic heterocycles. The Morgan fingerprint density at radius 1 is 1.04 bits per heavy atom. The van der Waals surface area contributed by atoms with Gasteiger partial charge in [-0.2, -0.15) is 0 Å². The summed E-state index contributed by atoms with van der Waals surface area (Å²) in [7, 11) is -1.09. The quantitative estimate of drug-likeness (QED) is 0.481. The molecule has 0 atom stereocenters. The Balaban J connectivity index is 2.56. The molecule has 26 heavy (non-hydrogen) atoms. The zero-order valence-electron chi connectivity index (χ0n) is 14.6. The highest BCUT2D eigenvalue weighted by Gasteiger charge is 2.52. The molecule has 1 fully saturated rings. The number of aromatic carboxylic acids is 1. The van der Waals surface area contributed by atoms with Crippen molar-refractivity contribution in [3.63, 3.8) is 0 Å². The van der Waals surface area contributed by atoms with Crippen LogP contribution in [0.2, 0.25) is 0 Å². The maximum absolute atomic E-state index is 14.1. The lowest BCUT2D eigenvalue weighted by molar-refractivity contribution is 0.00578. The van der Waals surface area contributed by atoms with E-state index in [0.29, 0.717) is 0 Å². The van der Waals surface area contributed by atoms with E-state index in [0.717, 1.165) is 6.08 Å². The van der Waals surface area contributed by atoms with Crippen molar-refractivity contribution in [1.82, 2.24) is 0 Å². The molecular formula is C16H18BF4NO4. The normalized spacial score (nSPS) is 19.1. The van der Waals surface area contributed by atoms with Crippen molar-refractivity contribution in [3.8, 4) is 0 Å². The first-order valence-corrected chi connectivity index (χ1v) is 7.69. The number of rotatable bonds is 4. The Morgan fingerprint density at radius 2 is 1.46 bits per heavy atom. The molecule has 10 heteroatoms. The molecule has 142 valence electrons. The van der Waals surface area contributed by atoms with Crippen LogP contribution >= 0.6 is 0 Å². The van der Waals surface area contributed by atoms with Crippen molar-refractivity contribution in [2.75, 3.05) is 6.54 Å². The highest BCUT2D eigenvalue weighted by atomic mass is 19.2. The van der Waals surface area contributed by atoms with Gasteiger partial charge in [0.25, 0.3) is 0 Å². The first-order chi connectivity index (χ1) is 11.8. The zero-order valence-corrected chi connectivity index (χ0v) is 14.6. The first-order valence-electron chi connectivity index (χ1n) is 7.69. The van der Waals surface area contributed by atoms with Gasteiger partial charge in [0.2, 0.25) is 0 Å². The lowest BCUT2D eigenvalue weighted by Crippen LogP contribution is -2.41. The highest BCUT2D eigenvalue weighted by Crippen LogP contribution is 2.39. The lowest BCUT2D eigenvalue weighted by atomic mass is 9.77. The summed E-state index contributed by atoms with van der Waals surface area (Å²) < 4.78 is 67.4. The molecule has 1 saturated heterocycles. The summed E-state index contributed by atoms with van der Waals surface area (Å²) >= 11 is 0. The van der Waals surface area contributed by atoms with Gasteiger partial charge in [0.15, 0.2) is 23.3 Å². The van der Waals surface area contributed by atoms with Crippen LogP contribution < -0.4 is 5.73 Å². The fourth-order valence-corrected chi connectivity index (χ4v) is 2.37. The summed E-state index contributed by atoms with van der Waals surface area (Å²) in [6.07, 6.45) is 0.768. The first kappa shape index (κ1) is 20.4. The van der Waals surface area contributed by atoms with Crippen LogP contribution in [-0.4, -0.2) is 35.9 Å². The second-order valence-electron chi connectivity index (χ2n) is 6.86. The van der Waals surface area contributed by atoms with Gasteiger partial charge in [-0.05, 0) is 33.2 Å². The van der Waals surface area contributed by atoms with Crippen LogP contribution in [0.4, 0.5) is 17.6 Å². The minimum atomic E-state index is -2.13. The third-order valence-corrected chi connectivity index (χ3v) is 4.63. The Hall–Kier alpha value is -1.91. The smallest absolute Gasteiger partial charge is 0.477 e. The Kier molecular flexibility index (Phi) is 5.24. The van der Waals surface area contributed by atoms with E-state index in [4.69, 9.17) is 20.1 Å². The van der Waals surface area contributed by atoms with Gasteiger partial charge in [0, 0.05) is 6.54 Å². The SMILES string of the molecule is CC1(C)OB(C(=Cc2c(F)c(F)c(C(=O)O)c(F)c2F)CN)OC1(C)C. The van der Waals surface area contributed by atoms with Crippen LogP contribution in [0.5, 0.6) is 0 Å². The van der Waals surface area contributed by atoms with Crippen LogP contribution in [0, 0.1) is 23.3 Å². The monoisotopic (exact) mass is 375 g/mol. The fourth-order valence-electron chi connectivity index (χ4n) is 2.37. The number of carbonyl (C=O) groups is 1. The number of carboxylic acids is 1. The van der Waals surface area contributed by atoms with E-state index in [1.54, 1.807) is 27.7 Å². The molecule has 1 heterocycles. The number of halogens is 4. The average molecular weight is 375 g/mol. The van der Waals surface area contributed by atoms with Crippen molar-refractivity contribution in [2.45, 2.75) is 38.9 Å². The van der Waals surface area contributed by atoms with Gasteiger partial charge < -0.3 is 20.1 Å². The van der Waals surface area contributed by atoms with Crippen molar-refractivity contribution in [1.29, 1.82) is 0 Å². The molecule has 1 aliphatic rings. The summed E-state index contributed by atoms with van der Waals surface area (Å²) in [6, 6.07) is 0. The minimum Gasteiger partial charge on any atom is -0.477 e. The van der Waals surface area contributed by atoms with E-state index in [2.05, 4.69) is 0 Å². The predicted octanol–water partition coefficient (Wildman–Crippen LogP) is 2.91. The molecule has 0 radical (unpaired) electrons. The van der Waals surface area contributed by atoms with E-state index in [1.807, 2.05) is 0 Å². The van der Waals surface area contributed by atoms with Gasteiger partial charge in [-0.25, -0.2) is 22.4 Å². The lowest BCUT2D eigenvalue weighted by Gasteiger charge is -2.32. The van der Waals surface area contributed by atoms with Crippen LogP contribution in [0.25, 0.3) is 6.08 Å². The molecule has 1 aromatic carbocycles. The Bertz CT molecular complexity index is 750. The average Bonchev–Trinajstić information content (AvgIpc) is 2.73. The summed E-state index contributed by atoms with van der Waals surface area (Å²) in [5, 5.41) is 8.71. The standard InChI is InChI=1S/C16H18BF4NO4/c1-15(2)16(3,4)26-17(25-15)7(6-22)5-8-10(18)12(20)9(14(23)24)13(21)11(8)19/h5H,6,22H2,1-4H3,(H,23,24). The molecule has 3 N–H and O–H groups in total. The van der Waals surface area contributed by atoms with Gasteiger partial charge in [0.05, 0.1) is 16.8 Å². The zero-order chi connectivity index (χ0) is 20.0. The summed E-state index contributed by atoms with van der Waals surface area (Å²) in [5.74, 6) is -9.83. The number of carboxylic acid groups (broad SMARTS) is 1. The van der Waals surface area contributed by atoms with Crippen molar-refractivity contribution < 1.29 is 36.8 Å². The molecule has 2 rings (SSSR count). The largest absolute Gasteiger partial charge is 0.491 e. The highest BCUT2D eigenvalue weighted by molar-refractivity contribution is 6.55. The topological polar surface area (TPSA) is 81.8 Å². The van der Waals surface area contributed by atoms with Crippen LogP contribution in [0.1, 0.15) is 43.6 Å². The Morgan fingerprint density at radius 3 is 1.81 bits per heavy atom. The van der Waals surface area contributed by atoms with Crippen molar-refractivity contribution in [3.05, 3.63) is 39.9 Å². The molecule has 0 bridgehead atoms. The molecular weight excluding hydrogens is 357 g/mol. The van der Waals surface area contributed by atoms with Crippen molar-refractivity contribution in [2.24, 2.45) is 5.73 Å². The molecule has 1 aliphatic heterocycles. The van der Waals surface area contributed by atoms with E-state index in [1.165, 1.54) is 0 Å². The number of hydrogen-bond donors (Lipinski definition) is 2.